The van der Waals surface area contributed by atoms with Crippen LogP contribution < -0.4 is 5.32 Å². The third-order valence-electron chi connectivity index (χ3n) is 2.94. The van der Waals surface area contributed by atoms with E-state index in [0.717, 1.165) is 0 Å². The molecule has 0 aromatic heterocycles. The smallest absolute Gasteiger partial charge is 0.317 e. The van der Waals surface area contributed by atoms with Crippen molar-refractivity contribution in [3.05, 3.63) is 0 Å². The minimum Gasteiger partial charge on any atom is -0.481 e. The summed E-state index contributed by atoms with van der Waals surface area (Å²) in [4.78, 5) is 24.3. The van der Waals surface area contributed by atoms with E-state index in [4.69, 9.17) is 9.84 Å². The zero-order valence-electron chi connectivity index (χ0n) is 11.2. The van der Waals surface area contributed by atoms with Gasteiger partial charge in [0.1, 0.15) is 0 Å². The highest BCUT2D eigenvalue weighted by Gasteiger charge is 2.27. The van der Waals surface area contributed by atoms with Crippen molar-refractivity contribution in [3.63, 3.8) is 0 Å². The van der Waals surface area contributed by atoms with Crippen molar-refractivity contribution in [1.82, 2.24) is 10.2 Å². The Labute approximate surface area is 107 Å². The predicted molar refractivity (Wildman–Crippen MR) is 66.5 cm³/mol. The molecule has 1 atom stereocenters. The number of carboxylic acids is 1. The average Bonchev–Trinajstić information content (AvgIpc) is 2.26. The first-order valence-electron chi connectivity index (χ1n) is 6.21. The highest BCUT2D eigenvalue weighted by molar-refractivity contribution is 5.75. The number of carbonyl (C=O) groups is 2. The van der Waals surface area contributed by atoms with Crippen molar-refractivity contribution in [1.29, 1.82) is 0 Å². The van der Waals surface area contributed by atoms with E-state index < -0.39 is 11.5 Å². The van der Waals surface area contributed by atoms with E-state index in [1.807, 2.05) is 20.8 Å². The fourth-order valence-electron chi connectivity index (χ4n) is 1.85. The van der Waals surface area contributed by atoms with Gasteiger partial charge < -0.3 is 20.1 Å². The molecule has 1 unspecified atom stereocenters. The number of nitrogens with one attached hydrogen (secondary N) is 1. The van der Waals surface area contributed by atoms with Crippen LogP contribution in [0.25, 0.3) is 0 Å². The van der Waals surface area contributed by atoms with Crippen molar-refractivity contribution in [2.45, 2.75) is 45.3 Å². The Balaban J connectivity index is 2.44. The van der Waals surface area contributed by atoms with Gasteiger partial charge in [0.05, 0.1) is 12.7 Å². The van der Waals surface area contributed by atoms with E-state index in [-0.39, 0.29) is 18.6 Å². The maximum atomic E-state index is 12.0. The third-order valence-corrected chi connectivity index (χ3v) is 2.94. The quantitative estimate of drug-likeness (QED) is 0.790. The lowest BCUT2D eigenvalue weighted by molar-refractivity contribution is -0.137. The Kier molecular flexibility index (Phi) is 4.95. The summed E-state index contributed by atoms with van der Waals surface area (Å²) in [5, 5.41) is 11.5. The molecule has 1 heterocycles. The van der Waals surface area contributed by atoms with Gasteiger partial charge in [-0.05, 0) is 27.2 Å². The average molecular weight is 258 g/mol. The topological polar surface area (TPSA) is 78.9 Å². The molecule has 1 rings (SSSR count). The summed E-state index contributed by atoms with van der Waals surface area (Å²) < 4.78 is 5.37. The Morgan fingerprint density at radius 1 is 1.50 bits per heavy atom. The van der Waals surface area contributed by atoms with E-state index in [2.05, 4.69) is 5.32 Å². The van der Waals surface area contributed by atoms with E-state index >= 15 is 0 Å². The van der Waals surface area contributed by atoms with Crippen LogP contribution in [0.2, 0.25) is 0 Å². The minimum absolute atomic E-state index is 0.0478. The summed E-state index contributed by atoms with van der Waals surface area (Å²) >= 11 is 0. The predicted octanol–water partition coefficient (Wildman–Crippen LogP) is 1.06. The standard InChI is InChI=1S/C12H22N2O4/c1-9-8-14(6-7-18-9)11(17)13-12(2,3)5-4-10(15)16/h9H,4-8H2,1-3H3,(H,13,17)(H,15,16). The molecule has 1 aliphatic rings. The summed E-state index contributed by atoms with van der Waals surface area (Å²) in [6, 6.07) is -0.152. The number of rotatable bonds is 4. The van der Waals surface area contributed by atoms with Gasteiger partial charge in [-0.3, -0.25) is 4.79 Å². The number of aliphatic carboxylic acids is 1. The van der Waals surface area contributed by atoms with Crippen LogP contribution in [0.4, 0.5) is 4.79 Å². The summed E-state index contributed by atoms with van der Waals surface area (Å²) in [7, 11) is 0. The first-order chi connectivity index (χ1) is 8.30. The molecule has 0 saturated carbocycles. The number of nitrogens with zero attached hydrogens (tertiary/aromatic N) is 1. The second-order valence-corrected chi connectivity index (χ2v) is 5.34. The number of morpholine rings is 1. The molecule has 2 amide bonds. The Hall–Kier alpha value is -1.30. The van der Waals surface area contributed by atoms with Crippen molar-refractivity contribution < 1.29 is 19.4 Å². The molecular formula is C12H22N2O4. The molecule has 1 saturated heterocycles. The molecule has 0 radical (unpaired) electrons. The summed E-state index contributed by atoms with van der Waals surface area (Å²) in [5.41, 5.74) is -0.517. The molecule has 0 aromatic rings. The van der Waals surface area contributed by atoms with Crippen LogP contribution in [0.15, 0.2) is 0 Å². The van der Waals surface area contributed by atoms with Gasteiger partial charge in [-0.25, -0.2) is 4.79 Å². The molecule has 0 bridgehead atoms. The highest BCUT2D eigenvalue weighted by atomic mass is 16.5. The maximum Gasteiger partial charge on any atom is 0.317 e. The van der Waals surface area contributed by atoms with Gasteiger partial charge in [-0.2, -0.15) is 0 Å². The number of hydrogen-bond donors (Lipinski definition) is 2. The van der Waals surface area contributed by atoms with Crippen LogP contribution in [0.5, 0.6) is 0 Å². The van der Waals surface area contributed by atoms with Gasteiger partial charge in [-0.1, -0.05) is 0 Å². The van der Waals surface area contributed by atoms with Gasteiger partial charge in [0.15, 0.2) is 0 Å². The van der Waals surface area contributed by atoms with Crippen molar-refractivity contribution in [2.24, 2.45) is 0 Å². The van der Waals surface area contributed by atoms with E-state index in [1.165, 1.54) is 0 Å². The number of hydrogen-bond acceptors (Lipinski definition) is 3. The van der Waals surface area contributed by atoms with Gasteiger partial charge in [-0.15, -0.1) is 0 Å². The normalized spacial score (nSPS) is 20.6. The number of carbonyl (C=O) groups excluding carboxylic acids is 1. The maximum absolute atomic E-state index is 12.0. The van der Waals surface area contributed by atoms with Crippen LogP contribution >= 0.6 is 0 Å². The molecule has 0 aromatic carbocycles. The van der Waals surface area contributed by atoms with Gasteiger partial charge in [0.2, 0.25) is 0 Å². The molecule has 6 nitrogen and oxygen atoms in total. The first-order valence-corrected chi connectivity index (χ1v) is 6.21. The molecule has 18 heavy (non-hydrogen) atoms. The minimum atomic E-state index is -0.850. The number of carboxylic acid groups (broad SMARTS) is 1. The lowest BCUT2D eigenvalue weighted by Gasteiger charge is -2.34. The van der Waals surface area contributed by atoms with Crippen LogP contribution in [0.1, 0.15) is 33.6 Å². The molecule has 2 N–H and O–H groups in total. The Morgan fingerprint density at radius 2 is 2.17 bits per heavy atom. The zero-order chi connectivity index (χ0) is 13.8. The molecule has 0 spiro atoms. The lowest BCUT2D eigenvalue weighted by atomic mass is 9.99. The van der Waals surface area contributed by atoms with Gasteiger partial charge in [0, 0.05) is 25.0 Å². The van der Waals surface area contributed by atoms with Crippen molar-refractivity contribution in [2.75, 3.05) is 19.7 Å². The SMILES string of the molecule is CC1CN(C(=O)NC(C)(C)CCC(=O)O)CCO1. The first kappa shape index (κ1) is 14.8. The second kappa shape index (κ2) is 6.04. The number of amides is 2. The number of urea groups is 1. The molecule has 104 valence electrons. The van der Waals surface area contributed by atoms with E-state index in [0.29, 0.717) is 26.1 Å². The highest BCUT2D eigenvalue weighted by Crippen LogP contribution is 2.13. The fourth-order valence-corrected chi connectivity index (χ4v) is 1.85. The van der Waals surface area contributed by atoms with Crippen molar-refractivity contribution >= 4 is 12.0 Å². The summed E-state index contributed by atoms with van der Waals surface area (Å²) in [6.45, 7) is 7.28. The Bertz CT molecular complexity index is 317. The van der Waals surface area contributed by atoms with Crippen LogP contribution in [-0.4, -0.2) is 53.3 Å². The summed E-state index contributed by atoms with van der Waals surface area (Å²) in [5.74, 6) is -0.850. The molecule has 0 aliphatic carbocycles. The van der Waals surface area contributed by atoms with Crippen molar-refractivity contribution in [3.8, 4) is 0 Å². The van der Waals surface area contributed by atoms with Crippen LogP contribution in [-0.2, 0) is 9.53 Å². The third kappa shape index (κ3) is 4.91. The van der Waals surface area contributed by atoms with E-state index in [9.17, 15) is 9.59 Å². The second-order valence-electron chi connectivity index (χ2n) is 5.34. The molecule has 1 aliphatic heterocycles. The largest absolute Gasteiger partial charge is 0.481 e. The number of ether oxygens (including phenoxy) is 1. The van der Waals surface area contributed by atoms with Gasteiger partial charge >= 0.3 is 12.0 Å². The van der Waals surface area contributed by atoms with Crippen LogP contribution in [0, 0.1) is 0 Å². The fraction of sp³-hybridized carbons (Fsp3) is 0.833. The lowest BCUT2D eigenvalue weighted by Crippen LogP contribution is -2.54. The molecular weight excluding hydrogens is 236 g/mol. The van der Waals surface area contributed by atoms with Gasteiger partial charge in [0.25, 0.3) is 0 Å². The van der Waals surface area contributed by atoms with Crippen LogP contribution in [0.3, 0.4) is 0 Å². The summed E-state index contributed by atoms with van der Waals surface area (Å²) in [6.07, 6.45) is 0.507. The monoisotopic (exact) mass is 258 g/mol. The molecule has 1 fully saturated rings. The Morgan fingerprint density at radius 3 is 2.72 bits per heavy atom. The molecule has 6 heteroatoms. The zero-order valence-corrected chi connectivity index (χ0v) is 11.2. The van der Waals surface area contributed by atoms with E-state index in [1.54, 1.807) is 4.90 Å².